The summed E-state index contributed by atoms with van der Waals surface area (Å²) in [4.78, 5) is 135. The Morgan fingerprint density at radius 3 is 1.49 bits per heavy atom. The normalized spacial score (nSPS) is 14.2. The highest BCUT2D eigenvalue weighted by Crippen LogP contribution is 2.15. The van der Waals surface area contributed by atoms with Crippen LogP contribution in [0.3, 0.4) is 0 Å². The molecule has 0 saturated carbocycles. The van der Waals surface area contributed by atoms with Crippen molar-refractivity contribution >= 4 is 77.8 Å². The first-order valence-corrected chi connectivity index (χ1v) is 23.2. The molecular weight excluding hydrogens is 951 g/mol. The van der Waals surface area contributed by atoms with Crippen molar-refractivity contribution in [1.29, 1.82) is 0 Å². The number of phenolic OH excluding ortho intramolecular Hbond substituents is 1. The molecule has 17 N–H and O–H groups in total. The van der Waals surface area contributed by atoms with Gasteiger partial charge in [0.1, 0.15) is 48.0 Å². The summed E-state index contributed by atoms with van der Waals surface area (Å²) in [7, 11) is 0. The highest BCUT2D eigenvalue weighted by Gasteiger charge is 2.36. The molecule has 0 aliphatic rings. The molecule has 0 spiro atoms. The van der Waals surface area contributed by atoms with E-state index in [1.54, 1.807) is 44.2 Å². The summed E-state index contributed by atoms with van der Waals surface area (Å²) in [5.41, 5.74) is 17.1. The zero-order valence-corrected chi connectivity index (χ0v) is 40.2. The number of benzene rings is 2. The van der Waals surface area contributed by atoms with E-state index < -0.39 is 133 Å². The number of carbonyl (C=O) groups excluding carboxylic acids is 7. The van der Waals surface area contributed by atoms with Gasteiger partial charge in [0.05, 0.1) is 6.54 Å². The van der Waals surface area contributed by atoms with E-state index >= 15 is 0 Å². The molecule has 71 heavy (non-hydrogen) atoms. The van der Waals surface area contributed by atoms with Crippen molar-refractivity contribution in [3.63, 3.8) is 0 Å². The summed E-state index contributed by atoms with van der Waals surface area (Å²) in [5, 5.41) is 55.7. The van der Waals surface area contributed by atoms with E-state index in [-0.39, 0.29) is 56.1 Å². The molecule has 0 aromatic heterocycles. The molecule has 2 aromatic carbocycles. The Morgan fingerprint density at radius 1 is 0.592 bits per heavy atom. The molecule has 0 unspecified atom stereocenters. The predicted octanol–water partition coefficient (Wildman–Crippen LogP) is -2.63. The van der Waals surface area contributed by atoms with Crippen molar-refractivity contribution in [1.82, 2.24) is 37.2 Å². The SMILES string of the molecule is CC[C@H](C)[C@H](NC(=O)[C@H](CCC(=O)O)NC(=O)CN)C(=O)N[C@@H](Cc1ccc(O)cc1)C(=O)N[C@@H](Cc1ccccc1)C(=O)N[C@@H](CCC(=O)O)C(=O)N[C@@H](CCCN=C(N)N)C(=O)N[C@@H](CS)C(=O)O. The second-order valence-electron chi connectivity index (χ2n) is 16.4. The van der Waals surface area contributed by atoms with Gasteiger partial charge in [0, 0.05) is 38.0 Å². The highest BCUT2D eigenvalue weighted by molar-refractivity contribution is 7.80. The first kappa shape index (κ1) is 59.6. The van der Waals surface area contributed by atoms with Crippen molar-refractivity contribution < 1.29 is 68.4 Å². The Kier molecular flexibility index (Phi) is 26.0. The number of nitrogens with two attached hydrogens (primary N) is 3. The monoisotopic (exact) mass is 1020 g/mol. The molecule has 0 bridgehead atoms. The molecule has 25 nitrogen and oxygen atoms in total. The van der Waals surface area contributed by atoms with Crippen LogP contribution in [0.15, 0.2) is 59.6 Å². The van der Waals surface area contributed by atoms with Crippen LogP contribution in [-0.4, -0.2) is 147 Å². The molecule has 0 radical (unpaired) electrons. The molecule has 390 valence electrons. The van der Waals surface area contributed by atoms with Crippen LogP contribution in [0.5, 0.6) is 5.75 Å². The van der Waals surface area contributed by atoms with Gasteiger partial charge in [-0.2, -0.15) is 12.6 Å². The highest BCUT2D eigenvalue weighted by atomic mass is 32.1. The van der Waals surface area contributed by atoms with Gasteiger partial charge in [0.2, 0.25) is 41.4 Å². The molecule has 2 rings (SSSR count). The number of aromatic hydroxyl groups is 1. The van der Waals surface area contributed by atoms with Gasteiger partial charge >= 0.3 is 17.9 Å². The van der Waals surface area contributed by atoms with Crippen LogP contribution in [0.2, 0.25) is 0 Å². The Balaban J connectivity index is 2.59. The van der Waals surface area contributed by atoms with Gasteiger partial charge in [-0.15, -0.1) is 0 Å². The standard InChI is InChI=1S/C45H65N11O14S/c1-3-24(2)37(56-40(65)29(15-17-35(59)60)50-34(58)22-46)43(68)54-32(21-26-11-13-27(57)14-12-26)42(67)53-31(20-25-8-5-4-6-9-25)41(66)52-30(16-18-36(61)62)39(64)51-28(10-7-19-49-45(47)48)38(63)55-33(23-71)44(69)70/h4-6,8-9,11-14,24,28-33,37,57,71H,3,7,10,15-23,46H2,1-2H3,(H,50,58)(H,51,64)(H,52,66)(H,53,67)(H,54,68)(H,55,63)(H,56,65)(H,59,60)(H,61,62)(H,69,70)(H4,47,48,49)/t24-,28-,29-,30-,31-,32-,33-,37-/m0/s1. The third kappa shape index (κ3) is 22.2. The van der Waals surface area contributed by atoms with Crippen LogP contribution in [-0.2, 0) is 60.8 Å². The Labute approximate surface area is 414 Å². The van der Waals surface area contributed by atoms with Gasteiger partial charge in [0.25, 0.3) is 0 Å². The zero-order chi connectivity index (χ0) is 53.2. The van der Waals surface area contributed by atoms with E-state index in [0.717, 1.165) is 0 Å². The number of hydrogen-bond acceptors (Lipinski definition) is 14. The van der Waals surface area contributed by atoms with Crippen LogP contribution in [0, 0.1) is 5.92 Å². The van der Waals surface area contributed by atoms with Gasteiger partial charge in [-0.25, -0.2) is 4.79 Å². The number of hydrogen-bond donors (Lipinski definition) is 15. The first-order valence-electron chi connectivity index (χ1n) is 22.5. The van der Waals surface area contributed by atoms with Crippen molar-refractivity contribution in [2.45, 2.75) is 114 Å². The fourth-order valence-corrected chi connectivity index (χ4v) is 6.97. The molecule has 8 atom stereocenters. The third-order valence-electron chi connectivity index (χ3n) is 10.9. The zero-order valence-electron chi connectivity index (χ0n) is 39.3. The first-order chi connectivity index (χ1) is 33.6. The minimum absolute atomic E-state index is 0.00200. The summed E-state index contributed by atoms with van der Waals surface area (Å²) < 4.78 is 0. The molecule has 2 aromatic rings. The summed E-state index contributed by atoms with van der Waals surface area (Å²) in [6.45, 7) is 2.82. The summed E-state index contributed by atoms with van der Waals surface area (Å²) >= 11 is 3.95. The van der Waals surface area contributed by atoms with Crippen LogP contribution >= 0.6 is 12.6 Å². The van der Waals surface area contributed by atoms with Crippen molar-refractivity contribution in [3.8, 4) is 5.75 Å². The summed E-state index contributed by atoms with van der Waals surface area (Å²) in [6, 6.07) is 3.47. The van der Waals surface area contributed by atoms with E-state index in [1.165, 1.54) is 24.3 Å². The Hall–Kier alpha value is -7.48. The van der Waals surface area contributed by atoms with Crippen molar-refractivity contribution in [3.05, 3.63) is 65.7 Å². The lowest BCUT2D eigenvalue weighted by atomic mass is 9.96. The van der Waals surface area contributed by atoms with E-state index in [0.29, 0.717) is 17.5 Å². The molecule has 0 aliphatic carbocycles. The number of nitrogens with zero attached hydrogens (tertiary/aromatic N) is 1. The van der Waals surface area contributed by atoms with Crippen molar-refractivity contribution in [2.24, 2.45) is 28.1 Å². The summed E-state index contributed by atoms with van der Waals surface area (Å²) in [5.74, 6) is -11.8. The van der Waals surface area contributed by atoms with Gasteiger partial charge in [-0.05, 0) is 54.9 Å². The number of guanidine groups is 1. The fraction of sp³-hybridized carbons (Fsp3) is 0.489. The smallest absolute Gasteiger partial charge is 0.327 e. The molecule has 26 heteroatoms. The quantitative estimate of drug-likeness (QED) is 0.0154. The second kappa shape index (κ2) is 30.9. The number of thiol groups is 1. The molecule has 0 saturated heterocycles. The Morgan fingerprint density at radius 2 is 1.03 bits per heavy atom. The van der Waals surface area contributed by atoms with Crippen LogP contribution < -0.4 is 54.4 Å². The maximum atomic E-state index is 14.5. The lowest BCUT2D eigenvalue weighted by Gasteiger charge is -2.29. The van der Waals surface area contributed by atoms with Crippen LogP contribution in [0.1, 0.15) is 69.9 Å². The number of phenols is 1. The minimum Gasteiger partial charge on any atom is -0.508 e. The van der Waals surface area contributed by atoms with Crippen LogP contribution in [0.25, 0.3) is 0 Å². The van der Waals surface area contributed by atoms with E-state index in [2.05, 4.69) is 54.8 Å². The second-order valence-corrected chi connectivity index (χ2v) is 16.8. The number of carboxylic acid groups (broad SMARTS) is 3. The van der Waals surface area contributed by atoms with E-state index in [4.69, 9.17) is 17.2 Å². The summed E-state index contributed by atoms with van der Waals surface area (Å²) in [6.07, 6.45) is -2.28. The predicted molar refractivity (Wildman–Crippen MR) is 259 cm³/mol. The largest absolute Gasteiger partial charge is 0.508 e. The number of rotatable bonds is 32. The maximum Gasteiger partial charge on any atom is 0.327 e. The van der Waals surface area contributed by atoms with E-state index in [1.807, 2.05) is 0 Å². The van der Waals surface area contributed by atoms with Gasteiger partial charge in [-0.1, -0.05) is 62.7 Å². The average molecular weight is 1020 g/mol. The molecule has 0 fully saturated rings. The Bertz CT molecular complexity index is 2180. The topological polar surface area (TPSA) is 426 Å². The maximum absolute atomic E-state index is 14.5. The van der Waals surface area contributed by atoms with Crippen LogP contribution in [0.4, 0.5) is 0 Å². The lowest BCUT2D eigenvalue weighted by Crippen LogP contribution is -2.61. The van der Waals surface area contributed by atoms with Gasteiger partial charge < -0.3 is 74.8 Å². The lowest BCUT2D eigenvalue weighted by molar-refractivity contribution is -0.141. The van der Waals surface area contributed by atoms with Gasteiger partial charge in [0.15, 0.2) is 5.96 Å². The molecular formula is C45H65N11O14S. The third-order valence-corrected chi connectivity index (χ3v) is 11.2. The molecule has 0 heterocycles. The van der Waals surface area contributed by atoms with Crippen molar-refractivity contribution in [2.75, 3.05) is 18.8 Å². The number of carboxylic acids is 3. The fourth-order valence-electron chi connectivity index (χ4n) is 6.73. The van der Waals surface area contributed by atoms with E-state index in [9.17, 15) is 68.4 Å². The number of aliphatic imine (C=N–C) groups is 1. The average Bonchev–Trinajstić information content (AvgIpc) is 3.32. The number of amides is 7. The number of nitrogens with one attached hydrogen (secondary N) is 7. The molecule has 7 amide bonds. The van der Waals surface area contributed by atoms with Gasteiger partial charge in [-0.3, -0.25) is 48.1 Å². The number of carbonyl (C=O) groups is 10. The number of aliphatic carboxylic acids is 3. The minimum atomic E-state index is -1.66. The molecule has 0 aliphatic heterocycles.